The monoisotopic (exact) mass is 451 g/mol. The van der Waals surface area contributed by atoms with E-state index >= 15 is 0 Å². The molecular weight excluding hydrogens is 422 g/mol. The minimum atomic E-state index is -1.08. The lowest BCUT2D eigenvalue weighted by atomic mass is 9.93. The summed E-state index contributed by atoms with van der Waals surface area (Å²) in [5.74, 6) is -0.0302. The molecule has 2 aromatic rings. The van der Waals surface area contributed by atoms with Crippen LogP contribution in [-0.4, -0.2) is 68.9 Å². The second-order valence-corrected chi connectivity index (χ2v) is 9.24. The summed E-state index contributed by atoms with van der Waals surface area (Å²) in [5.41, 5.74) is 0.277. The van der Waals surface area contributed by atoms with Crippen LogP contribution in [0.1, 0.15) is 59.1 Å². The molecule has 1 saturated carbocycles. The Kier molecular flexibility index (Phi) is 5.34. The average molecular weight is 452 g/mol. The fraction of sp³-hybridized carbons (Fsp3) is 0.500. The first-order valence-corrected chi connectivity index (χ1v) is 11.5. The van der Waals surface area contributed by atoms with Crippen molar-refractivity contribution in [1.82, 2.24) is 24.7 Å². The molecule has 2 aliphatic heterocycles. The topological polar surface area (TPSA) is 96.8 Å². The zero-order chi connectivity index (χ0) is 23.2. The SMILES string of the molecule is COc1ccccc1CNC(=O)[C@]1(C)Cn2cnc(C(=O)N3CCCC3)c2C(=O)N1C1CC1. The number of fused-ring (bicyclic) bond motifs is 1. The van der Waals surface area contributed by atoms with Crippen molar-refractivity contribution >= 4 is 17.7 Å². The van der Waals surface area contributed by atoms with Crippen molar-refractivity contribution in [3.8, 4) is 5.75 Å². The fourth-order valence-electron chi connectivity index (χ4n) is 5.00. The molecule has 0 unspecified atom stereocenters. The molecule has 0 bridgehead atoms. The minimum absolute atomic E-state index is 0.00194. The van der Waals surface area contributed by atoms with E-state index in [1.165, 1.54) is 6.33 Å². The van der Waals surface area contributed by atoms with Crippen LogP contribution in [0.3, 0.4) is 0 Å². The number of hydrogen-bond acceptors (Lipinski definition) is 5. The molecule has 9 nitrogen and oxygen atoms in total. The van der Waals surface area contributed by atoms with Crippen molar-refractivity contribution in [2.75, 3.05) is 20.2 Å². The molecular formula is C24H29N5O4. The number of nitrogens with zero attached hydrogens (tertiary/aromatic N) is 4. The summed E-state index contributed by atoms with van der Waals surface area (Å²) in [5, 5.41) is 3.00. The molecule has 3 amide bonds. The van der Waals surface area contributed by atoms with Crippen LogP contribution in [0.15, 0.2) is 30.6 Å². The van der Waals surface area contributed by atoms with Gasteiger partial charge in [0.1, 0.15) is 17.0 Å². The number of para-hydroxylation sites is 1. The van der Waals surface area contributed by atoms with Crippen molar-refractivity contribution in [3.05, 3.63) is 47.5 Å². The van der Waals surface area contributed by atoms with Gasteiger partial charge in [0.2, 0.25) is 5.91 Å². The van der Waals surface area contributed by atoms with Gasteiger partial charge in [-0.3, -0.25) is 14.4 Å². The van der Waals surface area contributed by atoms with E-state index in [-0.39, 0.29) is 36.0 Å². The highest BCUT2D eigenvalue weighted by atomic mass is 16.5. The van der Waals surface area contributed by atoms with Crippen molar-refractivity contribution < 1.29 is 19.1 Å². The van der Waals surface area contributed by atoms with Crippen molar-refractivity contribution in [3.63, 3.8) is 0 Å². The van der Waals surface area contributed by atoms with E-state index in [0.717, 1.165) is 31.2 Å². The first-order chi connectivity index (χ1) is 15.9. The highest BCUT2D eigenvalue weighted by molar-refractivity contribution is 6.07. The van der Waals surface area contributed by atoms with Gasteiger partial charge in [-0.1, -0.05) is 18.2 Å². The number of amides is 3. The van der Waals surface area contributed by atoms with Crippen LogP contribution in [0.2, 0.25) is 0 Å². The maximum atomic E-state index is 13.7. The van der Waals surface area contributed by atoms with Gasteiger partial charge >= 0.3 is 0 Å². The molecule has 1 aliphatic carbocycles. The second-order valence-electron chi connectivity index (χ2n) is 9.24. The number of likely N-dealkylation sites (tertiary alicyclic amines) is 1. The lowest BCUT2D eigenvalue weighted by molar-refractivity contribution is -0.133. The standard InChI is InChI=1S/C24H29N5O4/c1-24(23(32)25-13-16-7-3-4-8-18(16)33-2)14-28-15-26-19(21(30)27-11-5-6-12-27)20(28)22(31)29(24)17-9-10-17/h3-4,7-8,15,17H,5-6,9-14H2,1-2H3,(H,25,32)/t24-/m0/s1. The van der Waals surface area contributed by atoms with Gasteiger partial charge in [0, 0.05) is 31.2 Å². The fourth-order valence-corrected chi connectivity index (χ4v) is 5.00. The van der Waals surface area contributed by atoms with Gasteiger partial charge in [0.15, 0.2) is 5.69 Å². The summed E-state index contributed by atoms with van der Waals surface area (Å²) in [6, 6.07) is 7.51. The van der Waals surface area contributed by atoms with E-state index in [1.807, 2.05) is 24.3 Å². The van der Waals surface area contributed by atoms with Crippen LogP contribution >= 0.6 is 0 Å². The summed E-state index contributed by atoms with van der Waals surface area (Å²) in [4.78, 5) is 48.0. The molecule has 3 aliphatic rings. The van der Waals surface area contributed by atoms with Gasteiger partial charge < -0.3 is 24.4 Å². The molecule has 1 aromatic heterocycles. The molecule has 5 rings (SSSR count). The lowest BCUT2D eigenvalue weighted by Crippen LogP contribution is -2.64. The van der Waals surface area contributed by atoms with Crippen LogP contribution in [0.4, 0.5) is 0 Å². The third-order valence-corrected chi connectivity index (χ3v) is 6.90. The summed E-state index contributed by atoms with van der Waals surface area (Å²) in [6.45, 7) is 3.72. The molecule has 2 fully saturated rings. The van der Waals surface area contributed by atoms with E-state index in [1.54, 1.807) is 28.4 Å². The maximum absolute atomic E-state index is 13.7. The number of methoxy groups -OCH3 is 1. The third-order valence-electron chi connectivity index (χ3n) is 6.90. The number of imidazole rings is 1. The number of carbonyl (C=O) groups excluding carboxylic acids is 3. The van der Waals surface area contributed by atoms with Gasteiger partial charge in [-0.25, -0.2) is 4.98 Å². The molecule has 0 radical (unpaired) electrons. The molecule has 1 atom stereocenters. The van der Waals surface area contributed by atoms with Gasteiger partial charge in [0.25, 0.3) is 11.8 Å². The third kappa shape index (κ3) is 3.65. The van der Waals surface area contributed by atoms with Gasteiger partial charge in [-0.05, 0) is 38.7 Å². The first-order valence-electron chi connectivity index (χ1n) is 11.5. The van der Waals surface area contributed by atoms with E-state index < -0.39 is 5.54 Å². The van der Waals surface area contributed by atoms with Crippen LogP contribution < -0.4 is 10.1 Å². The van der Waals surface area contributed by atoms with Crippen LogP contribution in [-0.2, 0) is 17.9 Å². The number of benzene rings is 1. The first kappa shape index (κ1) is 21.5. The predicted octanol–water partition coefficient (Wildman–Crippen LogP) is 1.82. The van der Waals surface area contributed by atoms with Crippen molar-refractivity contribution in [2.24, 2.45) is 0 Å². The smallest absolute Gasteiger partial charge is 0.274 e. The van der Waals surface area contributed by atoms with Crippen LogP contribution in [0.25, 0.3) is 0 Å². The number of carbonyl (C=O) groups is 3. The molecule has 33 heavy (non-hydrogen) atoms. The summed E-state index contributed by atoms with van der Waals surface area (Å²) in [6.07, 6.45) is 5.16. The van der Waals surface area contributed by atoms with Crippen molar-refractivity contribution in [2.45, 2.75) is 57.3 Å². The zero-order valence-electron chi connectivity index (χ0n) is 19.0. The Hall–Kier alpha value is -3.36. The molecule has 9 heteroatoms. The highest BCUT2D eigenvalue weighted by Gasteiger charge is 2.53. The number of ether oxygens (including phenoxy) is 1. The Bertz CT molecular complexity index is 1100. The van der Waals surface area contributed by atoms with Crippen LogP contribution in [0, 0.1) is 0 Å². The Labute approximate surface area is 192 Å². The van der Waals surface area contributed by atoms with Crippen molar-refractivity contribution in [1.29, 1.82) is 0 Å². The maximum Gasteiger partial charge on any atom is 0.274 e. The summed E-state index contributed by atoms with van der Waals surface area (Å²) >= 11 is 0. The predicted molar refractivity (Wildman–Crippen MR) is 120 cm³/mol. The van der Waals surface area contributed by atoms with Gasteiger partial charge in [0.05, 0.1) is 20.0 Å². The quantitative estimate of drug-likeness (QED) is 0.723. The van der Waals surface area contributed by atoms with E-state index in [2.05, 4.69) is 10.3 Å². The number of aromatic nitrogens is 2. The Balaban J connectivity index is 1.42. The molecule has 1 N–H and O–H groups in total. The molecule has 3 heterocycles. The zero-order valence-corrected chi connectivity index (χ0v) is 19.0. The summed E-state index contributed by atoms with van der Waals surface area (Å²) in [7, 11) is 1.60. The number of rotatable bonds is 6. The molecule has 174 valence electrons. The second kappa shape index (κ2) is 8.20. The van der Waals surface area contributed by atoms with E-state index in [0.29, 0.717) is 31.1 Å². The van der Waals surface area contributed by atoms with Gasteiger partial charge in [-0.15, -0.1) is 0 Å². The summed E-state index contributed by atoms with van der Waals surface area (Å²) < 4.78 is 7.06. The number of nitrogens with one attached hydrogen (secondary N) is 1. The molecule has 1 saturated heterocycles. The largest absolute Gasteiger partial charge is 0.496 e. The Morgan fingerprint density at radius 1 is 1.21 bits per heavy atom. The Morgan fingerprint density at radius 3 is 2.64 bits per heavy atom. The lowest BCUT2D eigenvalue weighted by Gasteiger charge is -2.44. The highest BCUT2D eigenvalue weighted by Crippen LogP contribution is 2.39. The average Bonchev–Trinajstić information content (AvgIpc) is 3.32. The van der Waals surface area contributed by atoms with Gasteiger partial charge in [-0.2, -0.15) is 0 Å². The van der Waals surface area contributed by atoms with E-state index in [9.17, 15) is 14.4 Å². The molecule has 1 aromatic carbocycles. The Morgan fingerprint density at radius 2 is 1.94 bits per heavy atom. The minimum Gasteiger partial charge on any atom is -0.496 e. The number of hydrogen-bond donors (Lipinski definition) is 1. The molecule has 0 spiro atoms. The van der Waals surface area contributed by atoms with E-state index in [4.69, 9.17) is 4.74 Å². The normalized spacial score (nSPS) is 22.3. The van der Waals surface area contributed by atoms with Crippen LogP contribution in [0.5, 0.6) is 5.75 Å².